The molecule has 2 aromatic heterocycles. The summed E-state index contributed by atoms with van der Waals surface area (Å²) in [5.74, 6) is -1.12. The molecule has 2 rings (SSSR count). The summed E-state index contributed by atoms with van der Waals surface area (Å²) < 4.78 is 6.99. The van der Waals surface area contributed by atoms with Crippen LogP contribution in [0.2, 0.25) is 0 Å². The van der Waals surface area contributed by atoms with Crippen LogP contribution >= 0.6 is 0 Å². The molecule has 8 heteroatoms. The first-order chi connectivity index (χ1) is 9.38. The average Bonchev–Trinajstić information content (AvgIpc) is 2.95. The minimum absolute atomic E-state index is 0.0666. The third-order valence-electron chi connectivity index (χ3n) is 2.68. The van der Waals surface area contributed by atoms with Gasteiger partial charge in [-0.1, -0.05) is 0 Å². The van der Waals surface area contributed by atoms with Crippen molar-refractivity contribution in [2.45, 2.75) is 19.9 Å². The van der Waals surface area contributed by atoms with Gasteiger partial charge in [0.15, 0.2) is 5.69 Å². The Balaban J connectivity index is 2.23. The van der Waals surface area contributed by atoms with Gasteiger partial charge in [0.1, 0.15) is 11.8 Å². The highest BCUT2D eigenvalue weighted by Crippen LogP contribution is 2.20. The SMILES string of the molecule is Cc1oc(-c2cnn(C)c2)nc1C(=O)NC(C)C(=O)O. The number of carbonyl (C=O) groups is 2. The van der Waals surface area contributed by atoms with Crippen LogP contribution in [-0.2, 0) is 11.8 Å². The van der Waals surface area contributed by atoms with Crippen molar-refractivity contribution in [1.29, 1.82) is 0 Å². The second-order valence-corrected chi connectivity index (χ2v) is 4.36. The van der Waals surface area contributed by atoms with E-state index in [9.17, 15) is 9.59 Å². The molecule has 0 aliphatic heterocycles. The summed E-state index contributed by atoms with van der Waals surface area (Å²) in [4.78, 5) is 26.7. The molecule has 1 amide bonds. The normalized spacial score (nSPS) is 12.2. The van der Waals surface area contributed by atoms with Gasteiger partial charge in [0, 0.05) is 13.2 Å². The zero-order chi connectivity index (χ0) is 14.9. The zero-order valence-electron chi connectivity index (χ0n) is 11.2. The van der Waals surface area contributed by atoms with Crippen molar-refractivity contribution in [2.24, 2.45) is 7.05 Å². The summed E-state index contributed by atoms with van der Waals surface area (Å²) >= 11 is 0. The Hall–Kier alpha value is -2.64. The number of carboxylic acids is 1. The van der Waals surface area contributed by atoms with Crippen molar-refractivity contribution in [3.63, 3.8) is 0 Å². The van der Waals surface area contributed by atoms with E-state index in [0.29, 0.717) is 11.3 Å². The van der Waals surface area contributed by atoms with Crippen molar-refractivity contribution < 1.29 is 19.1 Å². The number of hydrogen-bond acceptors (Lipinski definition) is 5. The van der Waals surface area contributed by atoms with E-state index in [1.807, 2.05) is 0 Å². The van der Waals surface area contributed by atoms with E-state index < -0.39 is 17.9 Å². The maximum Gasteiger partial charge on any atom is 0.325 e. The predicted octanol–water partition coefficient (Wildman–Crippen LogP) is 0.586. The number of hydrogen-bond donors (Lipinski definition) is 2. The van der Waals surface area contributed by atoms with Crippen LogP contribution in [0, 0.1) is 6.92 Å². The van der Waals surface area contributed by atoms with Crippen LogP contribution < -0.4 is 5.32 Å². The molecule has 20 heavy (non-hydrogen) atoms. The second-order valence-electron chi connectivity index (χ2n) is 4.36. The lowest BCUT2D eigenvalue weighted by Gasteiger charge is -2.07. The highest BCUT2D eigenvalue weighted by Gasteiger charge is 2.22. The lowest BCUT2D eigenvalue weighted by molar-refractivity contribution is -0.138. The van der Waals surface area contributed by atoms with Gasteiger partial charge < -0.3 is 14.8 Å². The van der Waals surface area contributed by atoms with Gasteiger partial charge in [-0.2, -0.15) is 5.10 Å². The first kappa shape index (κ1) is 13.8. The fraction of sp³-hybridized carbons (Fsp3) is 0.333. The second kappa shape index (κ2) is 5.16. The van der Waals surface area contributed by atoms with E-state index >= 15 is 0 Å². The Bertz CT molecular complexity index is 658. The first-order valence-corrected chi connectivity index (χ1v) is 5.88. The van der Waals surface area contributed by atoms with Gasteiger partial charge in [-0.15, -0.1) is 0 Å². The third kappa shape index (κ3) is 2.68. The van der Waals surface area contributed by atoms with Crippen LogP contribution in [0.25, 0.3) is 11.5 Å². The Morgan fingerprint density at radius 3 is 2.75 bits per heavy atom. The summed E-state index contributed by atoms with van der Waals surface area (Å²) in [7, 11) is 1.75. The minimum Gasteiger partial charge on any atom is -0.480 e. The van der Waals surface area contributed by atoms with Crippen LogP contribution in [0.1, 0.15) is 23.2 Å². The lowest BCUT2D eigenvalue weighted by Crippen LogP contribution is -2.38. The van der Waals surface area contributed by atoms with E-state index in [4.69, 9.17) is 9.52 Å². The van der Waals surface area contributed by atoms with E-state index in [0.717, 1.165) is 0 Å². The number of aryl methyl sites for hydroxylation is 2. The summed E-state index contributed by atoms with van der Waals surface area (Å²) in [6, 6.07) is -1.000. The highest BCUT2D eigenvalue weighted by atomic mass is 16.4. The summed E-state index contributed by atoms with van der Waals surface area (Å²) in [6.45, 7) is 2.96. The molecule has 0 aromatic carbocycles. The molecule has 0 aliphatic rings. The molecule has 106 valence electrons. The van der Waals surface area contributed by atoms with Gasteiger partial charge in [-0.05, 0) is 13.8 Å². The van der Waals surface area contributed by atoms with Gasteiger partial charge in [0.2, 0.25) is 5.89 Å². The number of carboxylic acid groups (broad SMARTS) is 1. The topological polar surface area (TPSA) is 110 Å². The van der Waals surface area contributed by atoms with Crippen LogP contribution in [0.3, 0.4) is 0 Å². The van der Waals surface area contributed by atoms with Crippen LogP contribution in [0.5, 0.6) is 0 Å². The summed E-state index contributed by atoms with van der Waals surface area (Å²) in [6.07, 6.45) is 3.26. The third-order valence-corrected chi connectivity index (χ3v) is 2.68. The molecule has 2 N–H and O–H groups in total. The van der Waals surface area contributed by atoms with Crippen molar-refractivity contribution in [2.75, 3.05) is 0 Å². The summed E-state index contributed by atoms with van der Waals surface area (Å²) in [5.41, 5.74) is 0.706. The Morgan fingerprint density at radius 2 is 2.20 bits per heavy atom. The fourth-order valence-corrected chi connectivity index (χ4v) is 1.59. The highest BCUT2D eigenvalue weighted by molar-refractivity contribution is 5.96. The fourth-order valence-electron chi connectivity index (χ4n) is 1.59. The van der Waals surface area contributed by atoms with Crippen LogP contribution in [0.4, 0.5) is 0 Å². The van der Waals surface area contributed by atoms with Crippen LogP contribution in [0.15, 0.2) is 16.8 Å². The molecule has 1 unspecified atom stereocenters. The molecule has 0 saturated carbocycles. The lowest BCUT2D eigenvalue weighted by atomic mass is 10.3. The van der Waals surface area contributed by atoms with Crippen LogP contribution in [-0.4, -0.2) is 37.8 Å². The number of carbonyl (C=O) groups excluding carboxylic acids is 1. The van der Waals surface area contributed by atoms with E-state index in [1.165, 1.54) is 6.92 Å². The quantitative estimate of drug-likeness (QED) is 0.846. The van der Waals surface area contributed by atoms with Gasteiger partial charge in [-0.25, -0.2) is 4.98 Å². The molecule has 0 saturated heterocycles. The minimum atomic E-state index is -1.12. The smallest absolute Gasteiger partial charge is 0.325 e. The number of nitrogens with one attached hydrogen (secondary N) is 1. The number of nitrogens with zero attached hydrogens (tertiary/aromatic N) is 3. The molecule has 0 radical (unpaired) electrons. The van der Waals surface area contributed by atoms with Crippen molar-refractivity contribution in [3.8, 4) is 11.5 Å². The molecule has 0 fully saturated rings. The Morgan fingerprint density at radius 1 is 1.50 bits per heavy atom. The number of aliphatic carboxylic acids is 1. The van der Waals surface area contributed by atoms with Gasteiger partial charge in [0.05, 0.1) is 11.8 Å². The predicted molar refractivity (Wildman–Crippen MR) is 68.0 cm³/mol. The first-order valence-electron chi connectivity index (χ1n) is 5.88. The van der Waals surface area contributed by atoms with E-state index in [2.05, 4.69) is 15.4 Å². The maximum atomic E-state index is 11.9. The molecular formula is C12H14N4O4. The molecule has 8 nitrogen and oxygen atoms in total. The summed E-state index contributed by atoms with van der Waals surface area (Å²) in [5, 5.41) is 15.1. The zero-order valence-corrected chi connectivity index (χ0v) is 11.2. The molecular weight excluding hydrogens is 264 g/mol. The van der Waals surface area contributed by atoms with E-state index in [-0.39, 0.29) is 11.6 Å². The Labute approximate surface area is 114 Å². The van der Waals surface area contributed by atoms with Gasteiger partial charge in [-0.3, -0.25) is 14.3 Å². The molecule has 0 aliphatic carbocycles. The number of amides is 1. The monoisotopic (exact) mass is 278 g/mol. The number of oxazole rings is 1. The van der Waals surface area contributed by atoms with Crippen molar-refractivity contribution in [3.05, 3.63) is 23.8 Å². The molecule has 2 heterocycles. The number of rotatable bonds is 4. The average molecular weight is 278 g/mol. The molecule has 0 spiro atoms. The van der Waals surface area contributed by atoms with Gasteiger partial charge >= 0.3 is 5.97 Å². The van der Waals surface area contributed by atoms with Crippen molar-refractivity contribution in [1.82, 2.24) is 20.1 Å². The largest absolute Gasteiger partial charge is 0.480 e. The molecule has 2 aromatic rings. The molecule has 0 bridgehead atoms. The number of aromatic nitrogens is 3. The van der Waals surface area contributed by atoms with Crippen molar-refractivity contribution >= 4 is 11.9 Å². The standard InChI is InChI=1S/C12H14N4O4/c1-6(12(18)19)14-10(17)9-7(2)20-11(15-9)8-4-13-16(3)5-8/h4-6H,1-3H3,(H,14,17)(H,18,19). The van der Waals surface area contributed by atoms with E-state index in [1.54, 1.807) is 31.0 Å². The van der Waals surface area contributed by atoms with Gasteiger partial charge in [0.25, 0.3) is 5.91 Å². The Kier molecular flexibility index (Phi) is 3.55. The molecule has 1 atom stereocenters. The maximum absolute atomic E-state index is 11.9.